The largest absolute Gasteiger partial charge is 0.420 e. The van der Waals surface area contributed by atoms with Crippen molar-refractivity contribution in [1.29, 1.82) is 0 Å². The Hall–Kier alpha value is -2.17. The minimum atomic E-state index is -1.41. The summed E-state index contributed by atoms with van der Waals surface area (Å²) in [5, 5.41) is 10.6. The SMILES string of the molecule is CC[C@@H](N[S@](=O)C(C)(C)C)c1ccc(Cl)c(Oc2ncc([N+](=O)[O-])cn2)c1F. The smallest absolute Gasteiger partial charge is 0.322 e. The maximum atomic E-state index is 15.1. The Morgan fingerprint density at radius 3 is 2.46 bits per heavy atom. The van der Waals surface area contributed by atoms with Gasteiger partial charge in [-0.05, 0) is 33.3 Å². The molecule has 28 heavy (non-hydrogen) atoms. The predicted molar refractivity (Wildman–Crippen MR) is 104 cm³/mol. The number of nitrogens with one attached hydrogen (secondary N) is 1. The first-order chi connectivity index (χ1) is 13.0. The molecule has 8 nitrogen and oxygen atoms in total. The number of halogens is 2. The molecule has 0 saturated heterocycles. The fraction of sp³-hybridized carbons (Fsp3) is 0.412. The zero-order valence-corrected chi connectivity index (χ0v) is 17.3. The monoisotopic (exact) mass is 430 g/mol. The number of nitro groups is 1. The molecule has 0 unspecified atom stereocenters. The number of ether oxygens (including phenoxy) is 1. The van der Waals surface area contributed by atoms with E-state index in [0.29, 0.717) is 6.42 Å². The predicted octanol–water partition coefficient (Wildman–Crippen LogP) is 4.47. The summed E-state index contributed by atoms with van der Waals surface area (Å²) >= 11 is 6.05. The van der Waals surface area contributed by atoms with Crippen molar-refractivity contribution < 1.29 is 18.3 Å². The second kappa shape index (κ2) is 8.89. The summed E-state index contributed by atoms with van der Waals surface area (Å²) in [7, 11) is -1.41. The van der Waals surface area contributed by atoms with Gasteiger partial charge in [-0.1, -0.05) is 24.6 Å². The van der Waals surface area contributed by atoms with E-state index in [0.717, 1.165) is 12.4 Å². The number of hydrogen-bond donors (Lipinski definition) is 1. The van der Waals surface area contributed by atoms with Gasteiger partial charge in [-0.15, -0.1) is 0 Å². The summed E-state index contributed by atoms with van der Waals surface area (Å²) in [5.74, 6) is -1.06. The van der Waals surface area contributed by atoms with Gasteiger partial charge < -0.3 is 4.74 Å². The van der Waals surface area contributed by atoms with E-state index in [1.165, 1.54) is 12.1 Å². The molecule has 0 aliphatic rings. The minimum Gasteiger partial charge on any atom is -0.420 e. The number of nitrogens with zero attached hydrogens (tertiary/aromatic N) is 3. The van der Waals surface area contributed by atoms with Crippen LogP contribution < -0.4 is 9.46 Å². The van der Waals surface area contributed by atoms with E-state index in [4.69, 9.17) is 16.3 Å². The molecule has 0 saturated carbocycles. The van der Waals surface area contributed by atoms with Crippen LogP contribution in [0.3, 0.4) is 0 Å². The Morgan fingerprint density at radius 1 is 1.36 bits per heavy atom. The van der Waals surface area contributed by atoms with Crippen LogP contribution in [-0.4, -0.2) is 23.8 Å². The van der Waals surface area contributed by atoms with Crippen molar-refractivity contribution in [2.75, 3.05) is 0 Å². The number of benzene rings is 1. The van der Waals surface area contributed by atoms with Crippen LogP contribution in [0.25, 0.3) is 0 Å². The van der Waals surface area contributed by atoms with E-state index in [9.17, 15) is 14.3 Å². The molecule has 0 aliphatic carbocycles. The van der Waals surface area contributed by atoms with Gasteiger partial charge in [0.1, 0.15) is 12.4 Å². The number of aromatic nitrogens is 2. The fourth-order valence-corrected chi connectivity index (χ4v) is 3.22. The average Bonchev–Trinajstić information content (AvgIpc) is 2.63. The molecule has 152 valence electrons. The van der Waals surface area contributed by atoms with Gasteiger partial charge in [-0.3, -0.25) is 10.1 Å². The molecule has 0 radical (unpaired) electrons. The van der Waals surface area contributed by atoms with Gasteiger partial charge in [0.15, 0.2) is 11.6 Å². The Labute approximate surface area is 169 Å². The van der Waals surface area contributed by atoms with Gasteiger partial charge in [0.25, 0.3) is 0 Å². The van der Waals surface area contributed by atoms with Crippen molar-refractivity contribution >= 4 is 28.3 Å². The quantitative estimate of drug-likeness (QED) is 0.512. The molecule has 1 aromatic carbocycles. The average molecular weight is 431 g/mol. The van der Waals surface area contributed by atoms with E-state index in [1.807, 2.05) is 27.7 Å². The van der Waals surface area contributed by atoms with Crippen molar-refractivity contribution in [2.24, 2.45) is 0 Å². The van der Waals surface area contributed by atoms with E-state index in [1.54, 1.807) is 0 Å². The lowest BCUT2D eigenvalue weighted by Crippen LogP contribution is -2.35. The first-order valence-electron chi connectivity index (χ1n) is 8.34. The molecule has 0 spiro atoms. The lowest BCUT2D eigenvalue weighted by Gasteiger charge is -2.24. The van der Waals surface area contributed by atoms with Gasteiger partial charge >= 0.3 is 11.7 Å². The summed E-state index contributed by atoms with van der Waals surface area (Å²) in [6.07, 6.45) is 2.36. The zero-order valence-electron chi connectivity index (χ0n) is 15.7. The second-order valence-electron chi connectivity index (χ2n) is 6.82. The summed E-state index contributed by atoms with van der Waals surface area (Å²) in [6, 6.07) is 2.10. The van der Waals surface area contributed by atoms with Crippen molar-refractivity contribution in [2.45, 2.75) is 44.9 Å². The van der Waals surface area contributed by atoms with Gasteiger partial charge in [0, 0.05) is 11.6 Å². The standard InChI is InChI=1S/C17H20ClFN4O4S/c1-5-13(22-28(26)17(2,3)4)11-6-7-12(18)15(14(11)19)27-16-20-8-10(9-21-16)23(24)25/h6-9,13,22H,5H2,1-4H3/t13-,28-/m1/s1. The Bertz CT molecular complexity index is 890. The maximum Gasteiger partial charge on any atom is 0.322 e. The highest BCUT2D eigenvalue weighted by atomic mass is 35.5. The normalized spacial score (nSPS) is 13.8. The van der Waals surface area contributed by atoms with Gasteiger partial charge in [-0.2, -0.15) is 9.97 Å². The summed E-state index contributed by atoms with van der Waals surface area (Å²) in [4.78, 5) is 17.4. The number of rotatable bonds is 7. The Morgan fingerprint density at radius 2 is 1.96 bits per heavy atom. The van der Waals surface area contributed by atoms with Crippen LogP contribution >= 0.6 is 11.6 Å². The summed E-state index contributed by atoms with van der Waals surface area (Å²) in [6.45, 7) is 7.25. The molecule has 2 atom stereocenters. The van der Waals surface area contributed by atoms with Crippen LogP contribution in [0.2, 0.25) is 5.02 Å². The van der Waals surface area contributed by atoms with Gasteiger partial charge in [0.05, 0.1) is 25.7 Å². The highest BCUT2D eigenvalue weighted by Gasteiger charge is 2.26. The minimum absolute atomic E-state index is 0.0185. The molecule has 0 fully saturated rings. The van der Waals surface area contributed by atoms with E-state index >= 15 is 4.39 Å². The lowest BCUT2D eigenvalue weighted by molar-refractivity contribution is -0.385. The topological polar surface area (TPSA) is 107 Å². The van der Waals surface area contributed by atoms with E-state index in [2.05, 4.69) is 14.7 Å². The molecule has 0 aliphatic heterocycles. The molecular formula is C17H20ClFN4O4S. The molecule has 11 heteroatoms. The molecule has 0 amide bonds. The highest BCUT2D eigenvalue weighted by Crippen LogP contribution is 2.36. The zero-order chi connectivity index (χ0) is 21.1. The maximum absolute atomic E-state index is 15.1. The van der Waals surface area contributed by atoms with Gasteiger partial charge in [0.2, 0.25) is 0 Å². The number of hydrogen-bond acceptors (Lipinski definition) is 6. The molecule has 1 aromatic heterocycles. The van der Waals surface area contributed by atoms with Crippen molar-refractivity contribution in [3.05, 3.63) is 51.0 Å². The molecule has 1 N–H and O–H groups in total. The Kier molecular flexibility index (Phi) is 7.02. The van der Waals surface area contributed by atoms with Crippen LogP contribution in [-0.2, 0) is 11.0 Å². The lowest BCUT2D eigenvalue weighted by atomic mass is 10.0. The van der Waals surface area contributed by atoms with Crippen LogP contribution in [0.5, 0.6) is 11.8 Å². The Balaban J connectivity index is 2.34. The molecule has 1 heterocycles. The van der Waals surface area contributed by atoms with Crippen LogP contribution in [0.1, 0.15) is 45.7 Å². The first kappa shape index (κ1) is 22.1. The summed E-state index contributed by atoms with van der Waals surface area (Å²) in [5.41, 5.74) is -0.103. The van der Waals surface area contributed by atoms with Crippen molar-refractivity contribution in [1.82, 2.24) is 14.7 Å². The second-order valence-corrected chi connectivity index (χ2v) is 9.23. The van der Waals surface area contributed by atoms with Crippen LogP contribution in [0.15, 0.2) is 24.5 Å². The fourth-order valence-electron chi connectivity index (χ4n) is 2.13. The van der Waals surface area contributed by atoms with E-state index < -0.39 is 32.5 Å². The van der Waals surface area contributed by atoms with Gasteiger partial charge in [-0.25, -0.2) is 13.3 Å². The molecular weight excluding hydrogens is 411 g/mol. The third-order valence-electron chi connectivity index (χ3n) is 3.69. The van der Waals surface area contributed by atoms with Crippen molar-refractivity contribution in [3.8, 4) is 11.8 Å². The van der Waals surface area contributed by atoms with Crippen molar-refractivity contribution in [3.63, 3.8) is 0 Å². The third kappa shape index (κ3) is 5.21. The van der Waals surface area contributed by atoms with E-state index in [-0.39, 0.29) is 28.0 Å². The first-order valence-corrected chi connectivity index (χ1v) is 9.87. The third-order valence-corrected chi connectivity index (χ3v) is 5.60. The van der Waals surface area contributed by atoms with Crippen LogP contribution in [0, 0.1) is 15.9 Å². The molecule has 0 bridgehead atoms. The molecule has 2 aromatic rings. The highest BCUT2D eigenvalue weighted by molar-refractivity contribution is 7.84. The van der Waals surface area contributed by atoms with Crippen LogP contribution in [0.4, 0.5) is 10.1 Å². The molecule has 2 rings (SSSR count). The summed E-state index contributed by atoms with van der Waals surface area (Å²) < 4.78 is 35.2.